The second-order valence-corrected chi connectivity index (χ2v) is 5.26. The molecule has 0 saturated heterocycles. The van der Waals surface area contributed by atoms with E-state index < -0.39 is 0 Å². The summed E-state index contributed by atoms with van der Waals surface area (Å²) in [5, 5.41) is 3.61. The minimum absolute atomic E-state index is 0.141. The van der Waals surface area contributed by atoms with Gasteiger partial charge in [-0.15, -0.1) is 0 Å². The van der Waals surface area contributed by atoms with E-state index in [1.54, 1.807) is 0 Å². The summed E-state index contributed by atoms with van der Waals surface area (Å²) in [4.78, 5) is 0. The first-order chi connectivity index (χ1) is 10.2. The predicted molar refractivity (Wildman–Crippen MR) is 85.9 cm³/mol. The Bertz CT molecular complexity index is 574. The lowest BCUT2D eigenvalue weighted by atomic mass is 9.98. The minimum Gasteiger partial charge on any atom is -0.494 e. The molecule has 0 saturated carbocycles. The highest BCUT2D eigenvalue weighted by molar-refractivity contribution is 5.38. The van der Waals surface area contributed by atoms with E-state index >= 15 is 0 Å². The first kappa shape index (κ1) is 15.6. The molecule has 1 heterocycles. The summed E-state index contributed by atoms with van der Waals surface area (Å²) < 4.78 is 11.3. The van der Waals surface area contributed by atoms with Crippen LogP contribution < -0.4 is 10.1 Å². The minimum atomic E-state index is 0.141. The van der Waals surface area contributed by atoms with Crippen molar-refractivity contribution in [3.8, 4) is 5.75 Å². The van der Waals surface area contributed by atoms with E-state index in [1.165, 1.54) is 11.1 Å². The second kappa shape index (κ2) is 7.32. The fourth-order valence-electron chi connectivity index (χ4n) is 2.58. The first-order valence-electron chi connectivity index (χ1n) is 7.68. The number of nitrogens with one attached hydrogen (secondary N) is 1. The molecule has 0 aliphatic rings. The Morgan fingerprint density at radius 3 is 2.62 bits per heavy atom. The molecule has 0 aliphatic carbocycles. The Hall–Kier alpha value is -1.74. The van der Waals surface area contributed by atoms with E-state index in [-0.39, 0.29) is 6.04 Å². The third kappa shape index (κ3) is 3.88. The monoisotopic (exact) mass is 287 g/mol. The summed E-state index contributed by atoms with van der Waals surface area (Å²) in [5.74, 6) is 2.84. The molecular weight excluding hydrogens is 262 g/mol. The fraction of sp³-hybridized carbons (Fsp3) is 0.444. The zero-order valence-corrected chi connectivity index (χ0v) is 13.4. The highest BCUT2D eigenvalue weighted by Gasteiger charge is 2.19. The summed E-state index contributed by atoms with van der Waals surface area (Å²) in [7, 11) is 0. The molecule has 1 N–H and O–H groups in total. The largest absolute Gasteiger partial charge is 0.494 e. The molecule has 1 aromatic heterocycles. The number of hydrogen-bond acceptors (Lipinski definition) is 3. The molecule has 21 heavy (non-hydrogen) atoms. The number of rotatable bonds is 7. The van der Waals surface area contributed by atoms with Crippen LogP contribution in [0, 0.1) is 13.8 Å². The van der Waals surface area contributed by atoms with E-state index in [4.69, 9.17) is 9.15 Å². The molecule has 0 aliphatic heterocycles. The molecule has 3 heteroatoms. The van der Waals surface area contributed by atoms with Crippen molar-refractivity contribution in [3.63, 3.8) is 0 Å². The molecule has 0 radical (unpaired) electrons. The van der Waals surface area contributed by atoms with Crippen molar-refractivity contribution in [1.29, 1.82) is 0 Å². The lowest BCUT2D eigenvalue weighted by Crippen LogP contribution is -2.23. The van der Waals surface area contributed by atoms with Crippen molar-refractivity contribution in [2.24, 2.45) is 0 Å². The van der Waals surface area contributed by atoms with Gasteiger partial charge in [0.15, 0.2) is 0 Å². The van der Waals surface area contributed by atoms with Crippen molar-refractivity contribution in [2.75, 3.05) is 13.2 Å². The van der Waals surface area contributed by atoms with Gasteiger partial charge in [-0.3, -0.25) is 0 Å². The predicted octanol–water partition coefficient (Wildman–Crippen LogP) is 4.38. The fourth-order valence-corrected chi connectivity index (χ4v) is 2.58. The number of aryl methyl sites for hydroxylation is 2. The summed E-state index contributed by atoms with van der Waals surface area (Å²) in [6.07, 6.45) is 1.09. The lowest BCUT2D eigenvalue weighted by Gasteiger charge is -2.19. The average molecular weight is 287 g/mol. The number of furan rings is 1. The molecule has 114 valence electrons. The molecule has 3 nitrogen and oxygen atoms in total. The Morgan fingerprint density at radius 2 is 2.00 bits per heavy atom. The van der Waals surface area contributed by atoms with Crippen LogP contribution in [0.15, 0.2) is 34.7 Å². The molecule has 1 atom stereocenters. The van der Waals surface area contributed by atoms with Crippen LogP contribution in [-0.2, 0) is 0 Å². The summed E-state index contributed by atoms with van der Waals surface area (Å²) in [6, 6.07) is 10.6. The first-order valence-corrected chi connectivity index (χ1v) is 7.68. The van der Waals surface area contributed by atoms with E-state index in [0.29, 0.717) is 6.61 Å². The number of ether oxygens (including phenoxy) is 1. The quantitative estimate of drug-likeness (QED) is 0.820. The maximum atomic E-state index is 5.70. The lowest BCUT2D eigenvalue weighted by molar-refractivity contribution is 0.339. The SMILES string of the molecule is CCCNC(c1cccc(OCC)c1)c1cc(C)oc1C. The average Bonchev–Trinajstić information content (AvgIpc) is 2.79. The van der Waals surface area contributed by atoms with Gasteiger partial charge in [0, 0.05) is 5.56 Å². The van der Waals surface area contributed by atoms with Crippen molar-refractivity contribution in [3.05, 3.63) is 53.0 Å². The van der Waals surface area contributed by atoms with Crippen molar-refractivity contribution in [2.45, 2.75) is 40.2 Å². The van der Waals surface area contributed by atoms with Crippen molar-refractivity contribution < 1.29 is 9.15 Å². The van der Waals surface area contributed by atoms with Gasteiger partial charge in [-0.05, 0) is 57.5 Å². The Kier molecular flexibility index (Phi) is 5.45. The van der Waals surface area contributed by atoms with Crippen LogP contribution in [0.5, 0.6) is 5.75 Å². The van der Waals surface area contributed by atoms with E-state index in [2.05, 4.69) is 30.4 Å². The highest BCUT2D eigenvalue weighted by Crippen LogP contribution is 2.29. The molecule has 1 aromatic carbocycles. The van der Waals surface area contributed by atoms with Gasteiger partial charge in [0.05, 0.1) is 12.6 Å². The molecular formula is C18H25NO2. The van der Waals surface area contributed by atoms with E-state index in [1.807, 2.05) is 32.9 Å². The van der Waals surface area contributed by atoms with Gasteiger partial charge in [-0.25, -0.2) is 0 Å². The van der Waals surface area contributed by atoms with Crippen molar-refractivity contribution in [1.82, 2.24) is 5.32 Å². The Labute approximate surface area is 127 Å². The van der Waals surface area contributed by atoms with Crippen LogP contribution in [0.25, 0.3) is 0 Å². The normalized spacial score (nSPS) is 12.4. The molecule has 0 spiro atoms. The third-order valence-corrected chi connectivity index (χ3v) is 3.49. The molecule has 2 rings (SSSR count). The van der Waals surface area contributed by atoms with E-state index in [0.717, 1.165) is 30.2 Å². The maximum Gasteiger partial charge on any atom is 0.119 e. The van der Waals surface area contributed by atoms with E-state index in [9.17, 15) is 0 Å². The Morgan fingerprint density at radius 1 is 1.19 bits per heavy atom. The second-order valence-electron chi connectivity index (χ2n) is 5.26. The number of hydrogen-bond donors (Lipinski definition) is 1. The van der Waals surface area contributed by atoms with Gasteiger partial charge in [-0.1, -0.05) is 19.1 Å². The summed E-state index contributed by atoms with van der Waals surface area (Å²) in [5.41, 5.74) is 2.41. The maximum absolute atomic E-state index is 5.70. The standard InChI is InChI=1S/C18H25NO2/c1-5-10-19-18(17-11-13(3)21-14(17)4)15-8-7-9-16(12-15)20-6-2/h7-9,11-12,18-19H,5-6,10H2,1-4H3. The van der Waals surface area contributed by atoms with Crippen LogP contribution >= 0.6 is 0 Å². The molecule has 0 bridgehead atoms. The van der Waals surface area contributed by atoms with Crippen LogP contribution in [0.3, 0.4) is 0 Å². The van der Waals surface area contributed by atoms with Gasteiger partial charge in [-0.2, -0.15) is 0 Å². The van der Waals surface area contributed by atoms with Crippen LogP contribution in [0.1, 0.15) is 49.0 Å². The van der Waals surface area contributed by atoms with Crippen LogP contribution in [0.2, 0.25) is 0 Å². The van der Waals surface area contributed by atoms with Gasteiger partial charge < -0.3 is 14.5 Å². The smallest absolute Gasteiger partial charge is 0.119 e. The van der Waals surface area contributed by atoms with Gasteiger partial charge in [0.2, 0.25) is 0 Å². The zero-order chi connectivity index (χ0) is 15.2. The third-order valence-electron chi connectivity index (χ3n) is 3.49. The van der Waals surface area contributed by atoms with Crippen LogP contribution in [-0.4, -0.2) is 13.2 Å². The molecule has 1 unspecified atom stereocenters. The van der Waals surface area contributed by atoms with Crippen molar-refractivity contribution >= 4 is 0 Å². The summed E-state index contributed by atoms with van der Waals surface area (Å²) >= 11 is 0. The molecule has 0 fully saturated rings. The highest BCUT2D eigenvalue weighted by atomic mass is 16.5. The van der Waals surface area contributed by atoms with Gasteiger partial charge in [0.25, 0.3) is 0 Å². The van der Waals surface area contributed by atoms with Crippen LogP contribution in [0.4, 0.5) is 0 Å². The Balaban J connectivity index is 2.35. The zero-order valence-electron chi connectivity index (χ0n) is 13.4. The summed E-state index contributed by atoms with van der Waals surface area (Å²) in [6.45, 7) is 9.84. The van der Waals surface area contributed by atoms with Gasteiger partial charge in [0.1, 0.15) is 17.3 Å². The van der Waals surface area contributed by atoms with Gasteiger partial charge >= 0.3 is 0 Å². The molecule has 2 aromatic rings. The molecule has 0 amide bonds. The topological polar surface area (TPSA) is 34.4 Å². The number of benzene rings is 1.